The van der Waals surface area contributed by atoms with Crippen LogP contribution in [0.5, 0.6) is 11.5 Å². The van der Waals surface area contributed by atoms with Crippen molar-refractivity contribution in [3.8, 4) is 11.5 Å². The Hall–Kier alpha value is -2.22. The highest BCUT2D eigenvalue weighted by Crippen LogP contribution is 2.26. The summed E-state index contributed by atoms with van der Waals surface area (Å²) in [7, 11) is 1.60. The Kier molecular flexibility index (Phi) is 5.86. The van der Waals surface area contributed by atoms with Gasteiger partial charge in [-0.25, -0.2) is 0 Å². The van der Waals surface area contributed by atoms with E-state index in [4.69, 9.17) is 14.6 Å². The Morgan fingerprint density at radius 3 is 2.78 bits per heavy atom. The summed E-state index contributed by atoms with van der Waals surface area (Å²) >= 11 is 1.14. The summed E-state index contributed by atoms with van der Waals surface area (Å²) in [6.07, 6.45) is -0.325. The van der Waals surface area contributed by atoms with Crippen molar-refractivity contribution in [2.45, 2.75) is 31.7 Å². The van der Waals surface area contributed by atoms with Crippen molar-refractivity contribution in [3.63, 3.8) is 0 Å². The Bertz CT molecular complexity index is 674. The number of methoxy groups -OCH3 is 1. The van der Waals surface area contributed by atoms with Crippen LogP contribution in [0, 0.1) is 0 Å². The first kappa shape index (κ1) is 17.1. The van der Waals surface area contributed by atoms with Crippen LogP contribution >= 0.6 is 11.8 Å². The van der Waals surface area contributed by atoms with Crippen LogP contribution in [0.1, 0.15) is 25.8 Å². The van der Waals surface area contributed by atoms with E-state index < -0.39 is 5.97 Å². The van der Waals surface area contributed by atoms with Crippen LogP contribution in [0.25, 0.3) is 0 Å². The maximum Gasteiger partial charge on any atom is 0.313 e. The predicted molar refractivity (Wildman–Crippen MR) is 86.1 cm³/mol. The molecule has 1 atom stereocenters. The molecular formula is C15H19N3O4S. The van der Waals surface area contributed by atoms with Crippen molar-refractivity contribution in [2.75, 3.05) is 12.9 Å². The molecule has 1 N–H and O–H groups in total. The largest absolute Gasteiger partial charge is 0.497 e. The average molecular weight is 337 g/mol. The van der Waals surface area contributed by atoms with E-state index in [9.17, 15) is 4.79 Å². The highest BCUT2D eigenvalue weighted by atomic mass is 32.2. The van der Waals surface area contributed by atoms with E-state index in [2.05, 4.69) is 10.2 Å². The molecule has 7 nitrogen and oxygen atoms in total. The summed E-state index contributed by atoms with van der Waals surface area (Å²) in [5.74, 6) is 1.10. The number of hydrogen-bond acceptors (Lipinski definition) is 6. The molecular weight excluding hydrogens is 318 g/mol. The number of ether oxygens (including phenoxy) is 2. The summed E-state index contributed by atoms with van der Waals surface area (Å²) in [5, 5.41) is 17.6. The molecule has 2 aromatic rings. The number of nitrogens with zero attached hydrogens (tertiary/aromatic N) is 3. The topological polar surface area (TPSA) is 86.5 Å². The number of benzene rings is 1. The molecule has 0 spiro atoms. The van der Waals surface area contributed by atoms with Gasteiger partial charge in [-0.3, -0.25) is 4.79 Å². The maximum absolute atomic E-state index is 10.7. The Balaban J connectivity index is 2.15. The van der Waals surface area contributed by atoms with Crippen molar-refractivity contribution in [2.24, 2.45) is 0 Å². The molecule has 1 aromatic carbocycles. The first-order valence-corrected chi connectivity index (χ1v) is 8.12. The van der Waals surface area contributed by atoms with E-state index in [-0.39, 0.29) is 11.9 Å². The van der Waals surface area contributed by atoms with Gasteiger partial charge in [0.15, 0.2) is 17.1 Å². The number of aromatic nitrogens is 3. The van der Waals surface area contributed by atoms with Gasteiger partial charge >= 0.3 is 5.97 Å². The standard InChI is InChI=1S/C15H19N3O4S/c1-4-18-14(16-17-15(18)23-9-13(19)20)10(2)22-12-7-5-6-11(8-12)21-3/h5-8,10H,4,9H2,1-3H3,(H,19,20). The van der Waals surface area contributed by atoms with E-state index in [1.54, 1.807) is 13.2 Å². The normalized spacial score (nSPS) is 12.0. The minimum Gasteiger partial charge on any atom is -0.497 e. The van der Waals surface area contributed by atoms with Gasteiger partial charge in [-0.05, 0) is 26.0 Å². The van der Waals surface area contributed by atoms with Gasteiger partial charge in [0.05, 0.1) is 12.9 Å². The van der Waals surface area contributed by atoms with Crippen molar-refractivity contribution in [1.82, 2.24) is 14.8 Å². The molecule has 1 aromatic heterocycles. The zero-order chi connectivity index (χ0) is 16.8. The molecule has 0 fully saturated rings. The Morgan fingerprint density at radius 2 is 2.13 bits per heavy atom. The lowest BCUT2D eigenvalue weighted by atomic mass is 10.3. The molecule has 0 aliphatic rings. The Labute approximate surface area is 138 Å². The molecule has 0 aliphatic carbocycles. The summed E-state index contributed by atoms with van der Waals surface area (Å²) in [6.45, 7) is 4.47. The van der Waals surface area contributed by atoms with E-state index in [1.165, 1.54) is 0 Å². The predicted octanol–water partition coefficient (Wildman–Crippen LogP) is 2.62. The lowest BCUT2D eigenvalue weighted by molar-refractivity contribution is -0.133. The van der Waals surface area contributed by atoms with Crippen LogP contribution < -0.4 is 9.47 Å². The summed E-state index contributed by atoms with van der Waals surface area (Å²) in [4.78, 5) is 10.7. The number of thioether (sulfide) groups is 1. The van der Waals surface area contributed by atoms with Gasteiger partial charge in [0.25, 0.3) is 0 Å². The van der Waals surface area contributed by atoms with Crippen LogP contribution in [-0.4, -0.2) is 38.7 Å². The fourth-order valence-corrected chi connectivity index (χ4v) is 2.79. The number of carboxylic acid groups (broad SMARTS) is 1. The molecule has 0 aliphatic heterocycles. The quantitative estimate of drug-likeness (QED) is 0.741. The number of aliphatic carboxylic acids is 1. The third-order valence-corrected chi connectivity index (χ3v) is 4.06. The maximum atomic E-state index is 10.7. The number of carboxylic acids is 1. The minimum absolute atomic E-state index is 0.0523. The van der Waals surface area contributed by atoms with Crippen LogP contribution in [0.2, 0.25) is 0 Å². The first-order valence-electron chi connectivity index (χ1n) is 7.13. The second kappa shape index (κ2) is 7.87. The fourth-order valence-electron chi connectivity index (χ4n) is 2.06. The van der Waals surface area contributed by atoms with Crippen LogP contribution in [0.3, 0.4) is 0 Å². The summed E-state index contributed by atoms with van der Waals surface area (Å²) < 4.78 is 12.9. The molecule has 23 heavy (non-hydrogen) atoms. The van der Waals surface area contributed by atoms with Gasteiger partial charge in [-0.15, -0.1) is 10.2 Å². The molecule has 124 valence electrons. The van der Waals surface area contributed by atoms with E-state index in [1.807, 2.05) is 36.6 Å². The fraction of sp³-hybridized carbons (Fsp3) is 0.400. The van der Waals surface area contributed by atoms with E-state index >= 15 is 0 Å². The smallest absolute Gasteiger partial charge is 0.313 e. The molecule has 1 heterocycles. The second-order valence-corrected chi connectivity index (χ2v) is 5.65. The molecule has 0 saturated heterocycles. The third-order valence-electron chi connectivity index (χ3n) is 3.10. The van der Waals surface area contributed by atoms with Crippen LogP contribution in [0.15, 0.2) is 29.4 Å². The van der Waals surface area contributed by atoms with Crippen molar-refractivity contribution >= 4 is 17.7 Å². The molecule has 0 amide bonds. The molecule has 0 radical (unpaired) electrons. The SMILES string of the molecule is CCn1c(SCC(=O)O)nnc1C(C)Oc1cccc(OC)c1. The van der Waals surface area contributed by atoms with Crippen molar-refractivity contribution in [1.29, 1.82) is 0 Å². The van der Waals surface area contributed by atoms with Crippen LogP contribution in [-0.2, 0) is 11.3 Å². The lowest BCUT2D eigenvalue weighted by Crippen LogP contribution is -2.12. The zero-order valence-electron chi connectivity index (χ0n) is 13.2. The van der Waals surface area contributed by atoms with Crippen LogP contribution in [0.4, 0.5) is 0 Å². The van der Waals surface area contributed by atoms with E-state index in [0.717, 1.165) is 11.8 Å². The highest BCUT2D eigenvalue weighted by molar-refractivity contribution is 7.99. The number of hydrogen-bond donors (Lipinski definition) is 1. The van der Waals surface area contributed by atoms with Gasteiger partial charge in [-0.1, -0.05) is 17.8 Å². The first-order chi connectivity index (χ1) is 11.0. The summed E-state index contributed by atoms with van der Waals surface area (Å²) in [5.41, 5.74) is 0. The van der Waals surface area contributed by atoms with E-state index in [0.29, 0.717) is 29.0 Å². The Morgan fingerprint density at radius 1 is 1.39 bits per heavy atom. The molecule has 2 rings (SSSR count). The second-order valence-electron chi connectivity index (χ2n) is 4.71. The van der Waals surface area contributed by atoms with Gasteiger partial charge in [0.2, 0.25) is 0 Å². The molecule has 0 saturated carbocycles. The average Bonchev–Trinajstić information content (AvgIpc) is 2.96. The third kappa shape index (κ3) is 4.38. The number of rotatable bonds is 8. The number of carbonyl (C=O) groups is 1. The monoisotopic (exact) mass is 337 g/mol. The molecule has 1 unspecified atom stereocenters. The summed E-state index contributed by atoms with van der Waals surface area (Å²) in [6, 6.07) is 7.32. The van der Waals surface area contributed by atoms with Gasteiger partial charge in [-0.2, -0.15) is 0 Å². The zero-order valence-corrected chi connectivity index (χ0v) is 14.0. The van der Waals surface area contributed by atoms with Gasteiger partial charge in [0.1, 0.15) is 11.5 Å². The molecule has 0 bridgehead atoms. The highest BCUT2D eigenvalue weighted by Gasteiger charge is 2.19. The molecule has 8 heteroatoms. The van der Waals surface area contributed by atoms with Crippen molar-refractivity contribution < 1.29 is 19.4 Å². The minimum atomic E-state index is -0.886. The van der Waals surface area contributed by atoms with Gasteiger partial charge in [0, 0.05) is 12.6 Å². The lowest BCUT2D eigenvalue weighted by Gasteiger charge is -2.16. The van der Waals surface area contributed by atoms with Gasteiger partial charge < -0.3 is 19.1 Å². The van der Waals surface area contributed by atoms with Crippen molar-refractivity contribution in [3.05, 3.63) is 30.1 Å².